The van der Waals surface area contributed by atoms with Crippen molar-refractivity contribution in [3.63, 3.8) is 0 Å². The summed E-state index contributed by atoms with van der Waals surface area (Å²) in [5.41, 5.74) is 0. The number of unbranched alkanes of at least 4 members (excludes halogenated alkanes) is 13. The molecular formula is C54H82O6. The molecule has 0 saturated carbocycles. The highest BCUT2D eigenvalue weighted by atomic mass is 16.6. The van der Waals surface area contributed by atoms with Crippen molar-refractivity contribution in [2.75, 3.05) is 13.2 Å². The number of ether oxygens (including phenoxy) is 3. The summed E-state index contributed by atoms with van der Waals surface area (Å²) in [5.74, 6) is -1.01. The van der Waals surface area contributed by atoms with Crippen molar-refractivity contribution in [2.45, 2.75) is 175 Å². The number of hydrogen-bond acceptors (Lipinski definition) is 6. The Hall–Kier alpha value is -4.45. The van der Waals surface area contributed by atoms with Crippen LogP contribution in [-0.2, 0) is 28.6 Å². The molecule has 0 aliphatic carbocycles. The minimum absolute atomic E-state index is 0.115. The number of allylic oxidation sites excluding steroid dienone is 22. The summed E-state index contributed by atoms with van der Waals surface area (Å²) in [7, 11) is 0. The quantitative estimate of drug-likeness (QED) is 0.0202. The first kappa shape index (κ1) is 55.5. The largest absolute Gasteiger partial charge is 0.462 e. The smallest absolute Gasteiger partial charge is 0.306 e. The Morgan fingerprint density at radius 1 is 0.350 bits per heavy atom. The minimum Gasteiger partial charge on any atom is -0.462 e. The molecule has 0 N–H and O–H groups in total. The van der Waals surface area contributed by atoms with Gasteiger partial charge in [-0.05, 0) is 83.5 Å². The zero-order chi connectivity index (χ0) is 43.7. The van der Waals surface area contributed by atoms with E-state index in [1.54, 1.807) is 0 Å². The molecule has 0 aromatic heterocycles. The zero-order valence-corrected chi connectivity index (χ0v) is 37.9. The van der Waals surface area contributed by atoms with Crippen LogP contribution < -0.4 is 0 Å². The van der Waals surface area contributed by atoms with E-state index in [4.69, 9.17) is 14.2 Å². The molecule has 334 valence electrons. The number of carbonyl (C=O) groups excluding carboxylic acids is 3. The molecule has 60 heavy (non-hydrogen) atoms. The van der Waals surface area contributed by atoms with Crippen LogP contribution >= 0.6 is 0 Å². The SMILES string of the molecule is CC\C=C/C=C\C=C/C=C\C=C/CCCCCC(=O)OCC(COC(=O)CCCCCCC/C=C\C/C=C\CC)OC(=O)CCCCCCC\C=C/C=C\C=C/C=C\CC. The van der Waals surface area contributed by atoms with Crippen LogP contribution in [0.2, 0.25) is 0 Å². The molecule has 0 aromatic carbocycles. The topological polar surface area (TPSA) is 78.9 Å². The molecular weight excluding hydrogens is 745 g/mol. The van der Waals surface area contributed by atoms with Gasteiger partial charge in [0.1, 0.15) is 13.2 Å². The fourth-order valence-corrected chi connectivity index (χ4v) is 5.69. The molecule has 1 atom stereocenters. The van der Waals surface area contributed by atoms with Crippen LogP contribution in [-0.4, -0.2) is 37.2 Å². The Morgan fingerprint density at radius 2 is 0.683 bits per heavy atom. The Morgan fingerprint density at radius 3 is 1.13 bits per heavy atom. The van der Waals surface area contributed by atoms with Gasteiger partial charge in [0.05, 0.1) is 0 Å². The highest BCUT2D eigenvalue weighted by molar-refractivity contribution is 5.71. The van der Waals surface area contributed by atoms with Gasteiger partial charge in [-0.15, -0.1) is 0 Å². The molecule has 0 aromatic rings. The van der Waals surface area contributed by atoms with Crippen LogP contribution in [0.1, 0.15) is 168 Å². The molecule has 0 saturated heterocycles. The predicted molar refractivity (Wildman–Crippen MR) is 256 cm³/mol. The summed E-state index contributed by atoms with van der Waals surface area (Å²) in [4.78, 5) is 37.8. The lowest BCUT2D eigenvalue weighted by molar-refractivity contribution is -0.167. The third-order valence-corrected chi connectivity index (χ3v) is 9.10. The van der Waals surface area contributed by atoms with Gasteiger partial charge in [0.15, 0.2) is 6.10 Å². The van der Waals surface area contributed by atoms with Crippen molar-refractivity contribution in [1.82, 2.24) is 0 Å². The van der Waals surface area contributed by atoms with Crippen molar-refractivity contribution in [1.29, 1.82) is 0 Å². The maximum atomic E-state index is 12.8. The lowest BCUT2D eigenvalue weighted by atomic mass is 10.1. The maximum Gasteiger partial charge on any atom is 0.306 e. The Labute approximate surface area is 366 Å². The molecule has 1 unspecified atom stereocenters. The molecule has 0 rings (SSSR count). The van der Waals surface area contributed by atoms with Gasteiger partial charge in [-0.25, -0.2) is 0 Å². The summed E-state index contributed by atoms with van der Waals surface area (Å²) in [5, 5.41) is 0. The van der Waals surface area contributed by atoms with E-state index in [0.717, 1.165) is 128 Å². The molecule has 0 spiro atoms. The van der Waals surface area contributed by atoms with Crippen LogP contribution in [0.15, 0.2) is 134 Å². The highest BCUT2D eigenvalue weighted by Gasteiger charge is 2.19. The van der Waals surface area contributed by atoms with Gasteiger partial charge in [0, 0.05) is 19.3 Å². The number of hydrogen-bond donors (Lipinski definition) is 0. The zero-order valence-electron chi connectivity index (χ0n) is 37.9. The van der Waals surface area contributed by atoms with Crippen molar-refractivity contribution in [3.05, 3.63) is 134 Å². The second kappa shape index (κ2) is 47.2. The van der Waals surface area contributed by atoms with Crippen LogP contribution in [0, 0.1) is 0 Å². The minimum atomic E-state index is -0.818. The molecule has 0 heterocycles. The van der Waals surface area contributed by atoms with Gasteiger partial charge in [-0.3, -0.25) is 14.4 Å². The Bertz CT molecular complexity index is 1370. The lowest BCUT2D eigenvalue weighted by Gasteiger charge is -2.18. The average molecular weight is 827 g/mol. The van der Waals surface area contributed by atoms with Gasteiger partial charge in [-0.1, -0.05) is 199 Å². The molecule has 0 radical (unpaired) electrons. The molecule has 6 nitrogen and oxygen atoms in total. The third-order valence-electron chi connectivity index (χ3n) is 9.10. The molecule has 0 fully saturated rings. The molecule has 0 aliphatic rings. The molecule has 0 bridgehead atoms. The van der Waals surface area contributed by atoms with E-state index in [-0.39, 0.29) is 37.5 Å². The van der Waals surface area contributed by atoms with Gasteiger partial charge >= 0.3 is 17.9 Å². The monoisotopic (exact) mass is 827 g/mol. The van der Waals surface area contributed by atoms with Gasteiger partial charge < -0.3 is 14.2 Å². The van der Waals surface area contributed by atoms with Crippen molar-refractivity contribution in [2.24, 2.45) is 0 Å². The van der Waals surface area contributed by atoms with Gasteiger partial charge in [0.25, 0.3) is 0 Å². The average Bonchev–Trinajstić information content (AvgIpc) is 3.24. The van der Waals surface area contributed by atoms with E-state index in [9.17, 15) is 14.4 Å². The molecule has 0 amide bonds. The first-order valence-corrected chi connectivity index (χ1v) is 23.3. The van der Waals surface area contributed by atoms with Crippen LogP contribution in [0.3, 0.4) is 0 Å². The number of rotatable bonds is 39. The van der Waals surface area contributed by atoms with Crippen molar-refractivity contribution in [3.8, 4) is 0 Å². The number of carbonyl (C=O) groups is 3. The van der Waals surface area contributed by atoms with E-state index in [2.05, 4.69) is 81.5 Å². The second-order valence-electron chi connectivity index (χ2n) is 14.7. The van der Waals surface area contributed by atoms with Crippen LogP contribution in [0.4, 0.5) is 0 Å². The van der Waals surface area contributed by atoms with E-state index in [1.807, 2.05) is 72.9 Å². The fraction of sp³-hybridized carbons (Fsp3) is 0.537. The maximum absolute atomic E-state index is 12.8. The Balaban J connectivity index is 4.57. The first-order chi connectivity index (χ1) is 29.5. The van der Waals surface area contributed by atoms with Crippen LogP contribution in [0.25, 0.3) is 0 Å². The molecule has 0 aliphatic heterocycles. The summed E-state index contributed by atoms with van der Waals surface area (Å²) >= 11 is 0. The van der Waals surface area contributed by atoms with Gasteiger partial charge in [-0.2, -0.15) is 0 Å². The normalized spacial score (nSPS) is 13.3. The number of esters is 3. The second-order valence-corrected chi connectivity index (χ2v) is 14.7. The third kappa shape index (κ3) is 44.6. The van der Waals surface area contributed by atoms with E-state index in [0.29, 0.717) is 12.8 Å². The summed E-state index contributed by atoms with van der Waals surface area (Å²) in [6.45, 7) is 6.14. The van der Waals surface area contributed by atoms with Crippen molar-refractivity contribution >= 4 is 17.9 Å². The predicted octanol–water partition coefficient (Wildman–Crippen LogP) is 15.1. The lowest BCUT2D eigenvalue weighted by Crippen LogP contribution is -2.30. The van der Waals surface area contributed by atoms with Gasteiger partial charge in [0.2, 0.25) is 0 Å². The van der Waals surface area contributed by atoms with E-state index in [1.165, 1.54) is 0 Å². The van der Waals surface area contributed by atoms with E-state index < -0.39 is 6.10 Å². The summed E-state index contributed by atoms with van der Waals surface area (Å²) in [6.07, 6.45) is 65.7. The molecule has 6 heteroatoms. The first-order valence-electron chi connectivity index (χ1n) is 23.3. The van der Waals surface area contributed by atoms with E-state index >= 15 is 0 Å². The highest BCUT2D eigenvalue weighted by Crippen LogP contribution is 2.12. The standard InChI is InChI=1S/C54H82O6/c1-4-7-10-13-16-19-22-25-27-29-32-35-38-41-44-47-53(56)59-50-51(49-58-52(55)46-43-40-37-34-31-24-21-18-15-12-9-6-3)60-54(57)48-45-42-39-36-33-30-28-26-23-20-17-14-11-8-5-2/h7-14,16-23,25-29,32,51H,4-6,15,24,30-31,33-50H2,1-3H3/b10-7-,11-8-,12-9-,16-13-,17-14-,21-18-,22-19-,23-20-,27-25-,28-26-,32-29-. The fourth-order valence-electron chi connectivity index (χ4n) is 5.69. The van der Waals surface area contributed by atoms with Crippen LogP contribution in [0.5, 0.6) is 0 Å². The summed E-state index contributed by atoms with van der Waals surface area (Å²) < 4.78 is 16.7. The Kier molecular flexibility index (Phi) is 43.7. The summed E-state index contributed by atoms with van der Waals surface area (Å²) in [6, 6.07) is 0. The van der Waals surface area contributed by atoms with Crippen molar-refractivity contribution < 1.29 is 28.6 Å².